The van der Waals surface area contributed by atoms with Gasteiger partial charge in [0.15, 0.2) is 0 Å². The van der Waals surface area contributed by atoms with Crippen molar-refractivity contribution in [1.29, 1.82) is 0 Å². The van der Waals surface area contributed by atoms with E-state index in [4.69, 9.17) is 0 Å². The van der Waals surface area contributed by atoms with Crippen LogP contribution in [0, 0.1) is 6.54 Å². The molecule has 0 aliphatic carbocycles. The number of rotatable bonds is 3. The Hall–Kier alpha value is -0.0800. The van der Waals surface area contributed by atoms with E-state index in [2.05, 4.69) is 23.7 Å². The predicted molar refractivity (Wildman–Crippen MR) is 43.7 cm³/mol. The standard InChI is InChI=1S/C8H17N2/c1-2-3-6-10-7-4-9-5-8-10/h7,9H,2-6,8H2,1H3. The summed E-state index contributed by atoms with van der Waals surface area (Å²) in [4.78, 5) is 2.42. The number of nitrogens with one attached hydrogen (secondary N) is 1. The predicted octanol–water partition coefficient (Wildman–Crippen LogP) is 0.853. The van der Waals surface area contributed by atoms with Gasteiger partial charge in [0, 0.05) is 26.2 Å². The molecule has 1 aliphatic heterocycles. The van der Waals surface area contributed by atoms with Gasteiger partial charge in [-0.05, 0) is 13.0 Å². The lowest BCUT2D eigenvalue weighted by atomic mass is 10.3. The summed E-state index contributed by atoms with van der Waals surface area (Å²) in [6, 6.07) is 0. The third kappa shape index (κ3) is 2.67. The van der Waals surface area contributed by atoms with Gasteiger partial charge < -0.3 is 5.32 Å². The summed E-state index contributed by atoms with van der Waals surface area (Å²) in [5.74, 6) is 0. The second-order valence-electron chi connectivity index (χ2n) is 2.78. The normalized spacial score (nSPS) is 21.3. The lowest BCUT2D eigenvalue weighted by molar-refractivity contribution is 0.288. The summed E-state index contributed by atoms with van der Waals surface area (Å²) in [6.07, 6.45) is 2.63. The minimum absolute atomic E-state index is 1.06. The van der Waals surface area contributed by atoms with Crippen LogP contribution in [0.2, 0.25) is 0 Å². The van der Waals surface area contributed by atoms with E-state index in [-0.39, 0.29) is 0 Å². The molecule has 0 unspecified atom stereocenters. The van der Waals surface area contributed by atoms with Crippen LogP contribution in [0.15, 0.2) is 0 Å². The molecule has 1 radical (unpaired) electrons. The molecular formula is C8H17N2. The van der Waals surface area contributed by atoms with Gasteiger partial charge in [0.05, 0.1) is 0 Å². The first-order valence-electron chi connectivity index (χ1n) is 4.21. The Morgan fingerprint density at radius 3 is 3.10 bits per heavy atom. The molecule has 1 saturated heterocycles. The van der Waals surface area contributed by atoms with Crippen molar-refractivity contribution >= 4 is 0 Å². The molecule has 1 fully saturated rings. The summed E-state index contributed by atoms with van der Waals surface area (Å²) in [5, 5.41) is 3.29. The zero-order valence-electron chi connectivity index (χ0n) is 6.77. The average molecular weight is 141 g/mol. The van der Waals surface area contributed by atoms with Crippen molar-refractivity contribution in [3.05, 3.63) is 6.54 Å². The van der Waals surface area contributed by atoms with E-state index in [9.17, 15) is 0 Å². The summed E-state index contributed by atoms with van der Waals surface area (Å²) in [5.41, 5.74) is 0. The maximum Gasteiger partial charge on any atom is 0.0389 e. The molecule has 59 valence electrons. The van der Waals surface area contributed by atoms with E-state index in [0.717, 1.165) is 13.1 Å². The summed E-state index contributed by atoms with van der Waals surface area (Å²) in [7, 11) is 0. The van der Waals surface area contributed by atoms with Gasteiger partial charge in [-0.15, -0.1) is 0 Å². The topological polar surface area (TPSA) is 15.3 Å². The molecule has 0 spiro atoms. The molecule has 0 aromatic carbocycles. The second-order valence-corrected chi connectivity index (χ2v) is 2.78. The van der Waals surface area contributed by atoms with Crippen molar-refractivity contribution in [2.24, 2.45) is 0 Å². The zero-order valence-corrected chi connectivity index (χ0v) is 6.77. The highest BCUT2D eigenvalue weighted by atomic mass is 15.2. The van der Waals surface area contributed by atoms with Gasteiger partial charge >= 0.3 is 0 Å². The molecule has 0 saturated carbocycles. The fourth-order valence-corrected chi connectivity index (χ4v) is 1.17. The first-order valence-corrected chi connectivity index (χ1v) is 4.21. The largest absolute Gasteiger partial charge is 0.314 e. The van der Waals surface area contributed by atoms with E-state index >= 15 is 0 Å². The molecule has 2 heteroatoms. The van der Waals surface area contributed by atoms with Crippen LogP contribution in [0.1, 0.15) is 19.8 Å². The van der Waals surface area contributed by atoms with E-state index in [1.54, 1.807) is 0 Å². The highest BCUT2D eigenvalue weighted by Crippen LogP contribution is 1.99. The van der Waals surface area contributed by atoms with Crippen LogP contribution in [0.25, 0.3) is 0 Å². The highest BCUT2D eigenvalue weighted by Gasteiger charge is 2.07. The van der Waals surface area contributed by atoms with E-state index in [1.807, 2.05) is 0 Å². The Morgan fingerprint density at radius 2 is 2.50 bits per heavy atom. The third-order valence-electron chi connectivity index (χ3n) is 1.87. The van der Waals surface area contributed by atoms with Gasteiger partial charge in [-0.2, -0.15) is 0 Å². The van der Waals surface area contributed by atoms with Gasteiger partial charge in [0.1, 0.15) is 0 Å². The average Bonchev–Trinajstić information content (AvgIpc) is 2.03. The molecule has 1 rings (SSSR count). The van der Waals surface area contributed by atoms with E-state index in [0.29, 0.717) is 0 Å². The van der Waals surface area contributed by atoms with Gasteiger partial charge in [-0.3, -0.25) is 4.90 Å². The smallest absolute Gasteiger partial charge is 0.0389 e. The van der Waals surface area contributed by atoms with Crippen LogP contribution < -0.4 is 5.32 Å². The third-order valence-corrected chi connectivity index (χ3v) is 1.87. The molecule has 0 bridgehead atoms. The molecule has 0 aromatic heterocycles. The van der Waals surface area contributed by atoms with Crippen LogP contribution >= 0.6 is 0 Å². The van der Waals surface area contributed by atoms with Gasteiger partial charge in [-0.25, -0.2) is 0 Å². The number of nitrogens with zero attached hydrogens (tertiary/aromatic N) is 1. The van der Waals surface area contributed by atoms with Crippen molar-refractivity contribution in [1.82, 2.24) is 10.2 Å². The molecule has 0 aromatic rings. The van der Waals surface area contributed by atoms with Crippen LogP contribution in [0.5, 0.6) is 0 Å². The SMILES string of the molecule is CCCCN1[CH]CNCC1. The van der Waals surface area contributed by atoms with Crippen LogP contribution in [-0.2, 0) is 0 Å². The zero-order chi connectivity index (χ0) is 7.23. The van der Waals surface area contributed by atoms with Crippen molar-refractivity contribution in [2.75, 3.05) is 26.2 Å². The second kappa shape index (κ2) is 4.69. The highest BCUT2D eigenvalue weighted by molar-refractivity contribution is 4.76. The van der Waals surface area contributed by atoms with Gasteiger partial charge in [0.25, 0.3) is 0 Å². The fourth-order valence-electron chi connectivity index (χ4n) is 1.17. The van der Waals surface area contributed by atoms with E-state index in [1.165, 1.54) is 25.9 Å². The number of hydrogen-bond acceptors (Lipinski definition) is 2. The lowest BCUT2D eigenvalue weighted by Gasteiger charge is -2.26. The van der Waals surface area contributed by atoms with Crippen molar-refractivity contribution in [3.8, 4) is 0 Å². The first-order chi connectivity index (χ1) is 4.93. The quantitative estimate of drug-likeness (QED) is 0.627. The Balaban J connectivity index is 2.02. The van der Waals surface area contributed by atoms with Crippen molar-refractivity contribution in [2.45, 2.75) is 19.8 Å². The first kappa shape index (κ1) is 8.02. The monoisotopic (exact) mass is 141 g/mol. The Labute approximate surface area is 63.6 Å². The molecule has 1 N–H and O–H groups in total. The Morgan fingerprint density at radius 1 is 1.60 bits per heavy atom. The molecule has 1 heterocycles. The minimum atomic E-state index is 1.06. The van der Waals surface area contributed by atoms with Crippen molar-refractivity contribution in [3.63, 3.8) is 0 Å². The number of piperazine rings is 1. The summed E-state index contributed by atoms with van der Waals surface area (Å²) in [6.45, 7) is 9.16. The molecule has 10 heavy (non-hydrogen) atoms. The lowest BCUT2D eigenvalue weighted by Crippen LogP contribution is -2.40. The molecule has 2 nitrogen and oxygen atoms in total. The summed E-state index contributed by atoms with van der Waals surface area (Å²) >= 11 is 0. The Kier molecular flexibility index (Phi) is 3.76. The number of unbranched alkanes of at least 4 members (excludes halogenated alkanes) is 1. The molecule has 0 atom stereocenters. The van der Waals surface area contributed by atoms with Gasteiger partial charge in [-0.1, -0.05) is 13.3 Å². The summed E-state index contributed by atoms with van der Waals surface area (Å²) < 4.78 is 0. The maximum absolute atomic E-state index is 3.29. The van der Waals surface area contributed by atoms with Gasteiger partial charge in [0.2, 0.25) is 0 Å². The minimum Gasteiger partial charge on any atom is -0.314 e. The molecule has 1 aliphatic rings. The molecule has 0 amide bonds. The van der Waals surface area contributed by atoms with Crippen LogP contribution in [0.3, 0.4) is 0 Å². The maximum atomic E-state index is 3.29. The van der Waals surface area contributed by atoms with Crippen molar-refractivity contribution < 1.29 is 0 Å². The number of hydrogen-bond donors (Lipinski definition) is 1. The van der Waals surface area contributed by atoms with Crippen LogP contribution in [-0.4, -0.2) is 31.1 Å². The molecular weight excluding hydrogens is 124 g/mol. The van der Waals surface area contributed by atoms with E-state index < -0.39 is 0 Å². The Bertz CT molecular complexity index is 77.3. The van der Waals surface area contributed by atoms with Crippen LogP contribution in [0.4, 0.5) is 0 Å². The fraction of sp³-hybridized carbons (Fsp3) is 0.875.